The Bertz CT molecular complexity index is 772. The fourth-order valence-electron chi connectivity index (χ4n) is 3.18. The highest BCUT2D eigenvalue weighted by atomic mass is 15.3. The molecular weight excluding hydrogens is 300 g/mol. The van der Waals surface area contributed by atoms with Crippen LogP contribution in [0.25, 0.3) is 0 Å². The summed E-state index contributed by atoms with van der Waals surface area (Å²) in [7, 11) is 0. The number of fused-ring (bicyclic) bond motifs is 1. The quantitative estimate of drug-likeness (QED) is 0.757. The Labute approximate surface area is 141 Å². The zero-order valence-electron chi connectivity index (χ0n) is 13.7. The Morgan fingerprint density at radius 1 is 1.08 bits per heavy atom. The van der Waals surface area contributed by atoms with Gasteiger partial charge in [-0.3, -0.25) is 0 Å². The molecule has 1 aliphatic rings. The van der Waals surface area contributed by atoms with Gasteiger partial charge in [0, 0.05) is 37.5 Å². The Balaban J connectivity index is 1.41. The van der Waals surface area contributed by atoms with E-state index in [1.54, 1.807) is 6.20 Å². The highest BCUT2D eigenvalue weighted by molar-refractivity contribution is 5.45. The minimum Gasteiger partial charge on any atom is -0.378 e. The standard InChI is InChI=1S/C18H22N6/c1-2-4-17-22-23-18(24(17)11-3-1)12-14-5-7-15(8-6-14)21-13-16-19-9-10-20-16/h5-10,21H,1-4,11-13H2,(H,19,20). The molecule has 1 aliphatic heterocycles. The number of hydrogen-bond acceptors (Lipinski definition) is 4. The van der Waals surface area contributed by atoms with Gasteiger partial charge in [-0.15, -0.1) is 10.2 Å². The average molecular weight is 322 g/mol. The van der Waals surface area contributed by atoms with E-state index in [2.05, 4.69) is 54.3 Å². The molecule has 0 aliphatic carbocycles. The van der Waals surface area contributed by atoms with Crippen molar-refractivity contribution < 1.29 is 0 Å². The summed E-state index contributed by atoms with van der Waals surface area (Å²) in [6.45, 7) is 1.75. The fourth-order valence-corrected chi connectivity index (χ4v) is 3.18. The lowest BCUT2D eigenvalue weighted by Crippen LogP contribution is -2.06. The van der Waals surface area contributed by atoms with Gasteiger partial charge in [0.05, 0.1) is 6.54 Å². The number of rotatable bonds is 5. The van der Waals surface area contributed by atoms with E-state index in [0.717, 1.165) is 42.5 Å². The van der Waals surface area contributed by atoms with Gasteiger partial charge in [0.25, 0.3) is 0 Å². The van der Waals surface area contributed by atoms with Gasteiger partial charge >= 0.3 is 0 Å². The van der Waals surface area contributed by atoms with Crippen LogP contribution in [0.5, 0.6) is 0 Å². The molecule has 0 saturated carbocycles. The van der Waals surface area contributed by atoms with E-state index >= 15 is 0 Å². The van der Waals surface area contributed by atoms with Crippen LogP contribution in [0.3, 0.4) is 0 Å². The normalized spacial score (nSPS) is 14.2. The maximum absolute atomic E-state index is 4.41. The lowest BCUT2D eigenvalue weighted by Gasteiger charge is -2.08. The molecule has 0 spiro atoms. The number of H-pyrrole nitrogens is 1. The maximum Gasteiger partial charge on any atom is 0.137 e. The van der Waals surface area contributed by atoms with E-state index < -0.39 is 0 Å². The van der Waals surface area contributed by atoms with Crippen LogP contribution in [0.2, 0.25) is 0 Å². The molecule has 0 amide bonds. The van der Waals surface area contributed by atoms with E-state index in [4.69, 9.17) is 0 Å². The maximum atomic E-state index is 4.41. The number of benzene rings is 1. The predicted octanol–water partition coefficient (Wildman–Crippen LogP) is 2.93. The molecule has 124 valence electrons. The number of nitrogens with zero attached hydrogens (tertiary/aromatic N) is 4. The van der Waals surface area contributed by atoms with Gasteiger partial charge < -0.3 is 14.9 Å². The molecule has 0 saturated heterocycles. The van der Waals surface area contributed by atoms with Gasteiger partial charge in [0.1, 0.15) is 17.5 Å². The van der Waals surface area contributed by atoms with Crippen LogP contribution in [0.1, 0.15) is 42.3 Å². The van der Waals surface area contributed by atoms with Gasteiger partial charge in [-0.25, -0.2) is 4.98 Å². The van der Waals surface area contributed by atoms with E-state index in [0.29, 0.717) is 6.54 Å². The molecule has 24 heavy (non-hydrogen) atoms. The van der Waals surface area contributed by atoms with Crippen LogP contribution < -0.4 is 5.32 Å². The van der Waals surface area contributed by atoms with E-state index in [9.17, 15) is 0 Å². The molecule has 0 fully saturated rings. The lowest BCUT2D eigenvalue weighted by molar-refractivity contribution is 0.611. The summed E-state index contributed by atoms with van der Waals surface area (Å²) in [6.07, 6.45) is 9.25. The summed E-state index contributed by atoms with van der Waals surface area (Å²) in [5.41, 5.74) is 2.35. The molecule has 0 radical (unpaired) electrons. The third kappa shape index (κ3) is 3.32. The highest BCUT2D eigenvalue weighted by Crippen LogP contribution is 2.18. The van der Waals surface area contributed by atoms with Crippen molar-refractivity contribution in [3.63, 3.8) is 0 Å². The third-order valence-electron chi connectivity index (χ3n) is 4.52. The number of nitrogens with one attached hydrogen (secondary N) is 2. The monoisotopic (exact) mass is 322 g/mol. The second-order valence-corrected chi connectivity index (χ2v) is 6.26. The summed E-state index contributed by atoms with van der Waals surface area (Å²) in [5.74, 6) is 3.17. The number of aromatic nitrogens is 5. The Morgan fingerprint density at radius 2 is 2.00 bits per heavy atom. The number of imidazole rings is 1. The second-order valence-electron chi connectivity index (χ2n) is 6.26. The number of anilines is 1. The average Bonchev–Trinajstić information content (AvgIpc) is 3.19. The lowest BCUT2D eigenvalue weighted by atomic mass is 10.1. The Morgan fingerprint density at radius 3 is 2.83 bits per heavy atom. The van der Waals surface area contributed by atoms with Crippen LogP contribution in [-0.2, 0) is 25.9 Å². The third-order valence-corrected chi connectivity index (χ3v) is 4.52. The van der Waals surface area contributed by atoms with Crippen LogP contribution in [0.15, 0.2) is 36.7 Å². The van der Waals surface area contributed by atoms with Gasteiger partial charge in [-0.05, 0) is 30.5 Å². The van der Waals surface area contributed by atoms with Crippen LogP contribution in [0, 0.1) is 0 Å². The summed E-state index contributed by atoms with van der Waals surface area (Å²) < 4.78 is 2.32. The number of hydrogen-bond donors (Lipinski definition) is 2. The van der Waals surface area contributed by atoms with Crippen molar-refractivity contribution in [3.05, 3.63) is 59.7 Å². The second kappa shape index (κ2) is 6.86. The van der Waals surface area contributed by atoms with Crippen molar-refractivity contribution in [2.45, 2.75) is 45.2 Å². The van der Waals surface area contributed by atoms with Gasteiger partial charge in [-0.2, -0.15) is 0 Å². The molecule has 4 rings (SSSR count). The van der Waals surface area contributed by atoms with Crippen molar-refractivity contribution in [1.29, 1.82) is 0 Å². The summed E-state index contributed by atoms with van der Waals surface area (Å²) in [6, 6.07) is 8.53. The van der Waals surface area contributed by atoms with Gasteiger partial charge in [0.2, 0.25) is 0 Å². The first kappa shape index (κ1) is 14.9. The summed E-state index contributed by atoms with van der Waals surface area (Å²) in [4.78, 5) is 7.30. The van der Waals surface area contributed by atoms with Crippen molar-refractivity contribution in [2.75, 3.05) is 5.32 Å². The molecule has 2 N–H and O–H groups in total. The van der Waals surface area contributed by atoms with Gasteiger partial charge in [0.15, 0.2) is 0 Å². The van der Waals surface area contributed by atoms with Crippen molar-refractivity contribution in [1.82, 2.24) is 24.7 Å². The minimum absolute atomic E-state index is 0.698. The predicted molar refractivity (Wildman–Crippen MR) is 92.7 cm³/mol. The molecule has 1 aromatic carbocycles. The Kier molecular flexibility index (Phi) is 4.27. The minimum atomic E-state index is 0.698. The molecule has 6 heteroatoms. The number of aromatic amines is 1. The van der Waals surface area contributed by atoms with Gasteiger partial charge in [-0.1, -0.05) is 18.6 Å². The molecular formula is C18H22N6. The molecule has 0 atom stereocenters. The zero-order valence-corrected chi connectivity index (χ0v) is 13.7. The van der Waals surface area contributed by atoms with E-state index in [-0.39, 0.29) is 0 Å². The molecule has 0 bridgehead atoms. The smallest absolute Gasteiger partial charge is 0.137 e. The van der Waals surface area contributed by atoms with Crippen molar-refractivity contribution >= 4 is 5.69 Å². The summed E-state index contributed by atoms with van der Waals surface area (Å²) in [5, 5.41) is 12.2. The SMILES string of the molecule is c1c[nH]c(CNc2ccc(Cc3nnc4n3CCCCC4)cc2)n1. The molecule has 3 heterocycles. The number of aryl methyl sites for hydroxylation is 1. The van der Waals surface area contributed by atoms with E-state index in [1.165, 1.54) is 24.8 Å². The van der Waals surface area contributed by atoms with Crippen LogP contribution >= 0.6 is 0 Å². The molecule has 0 unspecified atom stereocenters. The van der Waals surface area contributed by atoms with Crippen molar-refractivity contribution in [3.8, 4) is 0 Å². The molecule has 6 nitrogen and oxygen atoms in total. The highest BCUT2D eigenvalue weighted by Gasteiger charge is 2.14. The zero-order chi connectivity index (χ0) is 16.2. The first-order valence-electron chi connectivity index (χ1n) is 8.60. The first-order chi connectivity index (χ1) is 11.9. The molecule has 2 aromatic heterocycles. The fraction of sp³-hybridized carbons (Fsp3) is 0.389. The van der Waals surface area contributed by atoms with Crippen LogP contribution in [-0.4, -0.2) is 24.7 Å². The topological polar surface area (TPSA) is 71.4 Å². The molecule has 3 aromatic rings. The van der Waals surface area contributed by atoms with Crippen LogP contribution in [0.4, 0.5) is 5.69 Å². The largest absolute Gasteiger partial charge is 0.378 e. The first-order valence-corrected chi connectivity index (χ1v) is 8.60. The van der Waals surface area contributed by atoms with E-state index in [1.807, 2.05) is 6.20 Å². The summed E-state index contributed by atoms with van der Waals surface area (Å²) >= 11 is 0. The van der Waals surface area contributed by atoms with Crippen molar-refractivity contribution in [2.24, 2.45) is 0 Å². The Hall–Kier alpha value is -2.63.